The lowest BCUT2D eigenvalue weighted by Gasteiger charge is -2.18. The van der Waals surface area contributed by atoms with Crippen molar-refractivity contribution in [2.45, 2.75) is 6.04 Å². The number of pyridine rings is 2. The Bertz CT molecular complexity index is 742. The summed E-state index contributed by atoms with van der Waals surface area (Å²) in [5, 5.41) is 4.22. The van der Waals surface area contributed by atoms with Gasteiger partial charge in [0.2, 0.25) is 0 Å². The van der Waals surface area contributed by atoms with Crippen molar-refractivity contribution in [3.05, 3.63) is 71.9 Å². The van der Waals surface area contributed by atoms with Gasteiger partial charge < -0.3 is 5.32 Å². The van der Waals surface area contributed by atoms with Gasteiger partial charge in [0.05, 0.1) is 17.8 Å². The molecule has 0 saturated carbocycles. The maximum atomic E-state index is 13.9. The van der Waals surface area contributed by atoms with Gasteiger partial charge in [0.15, 0.2) is 0 Å². The smallest absolute Gasteiger partial charge is 0.146 e. The van der Waals surface area contributed by atoms with E-state index in [0.717, 1.165) is 16.5 Å². The fraction of sp³-hybridized carbons (Fsp3) is 0.125. The predicted molar refractivity (Wildman–Crippen MR) is 76.8 cm³/mol. The highest BCUT2D eigenvalue weighted by Gasteiger charge is 2.16. The van der Waals surface area contributed by atoms with Gasteiger partial charge in [-0.25, -0.2) is 4.39 Å². The Balaban J connectivity index is 2.10. The molecule has 2 heterocycles. The Hall–Kier alpha value is -2.33. The number of halogens is 1. The molecule has 0 saturated heterocycles. The molecular weight excluding hydrogens is 253 g/mol. The van der Waals surface area contributed by atoms with Crippen molar-refractivity contribution in [1.82, 2.24) is 15.3 Å². The van der Waals surface area contributed by atoms with Crippen LogP contribution in [0, 0.1) is 5.82 Å². The molecule has 3 rings (SSSR count). The lowest BCUT2D eigenvalue weighted by atomic mass is 9.98. The molecule has 0 aliphatic rings. The maximum Gasteiger partial charge on any atom is 0.146 e. The number of benzene rings is 1. The minimum Gasteiger partial charge on any atom is -0.309 e. The zero-order chi connectivity index (χ0) is 13.9. The van der Waals surface area contributed by atoms with Crippen molar-refractivity contribution < 1.29 is 4.39 Å². The normalized spacial score (nSPS) is 12.5. The summed E-state index contributed by atoms with van der Waals surface area (Å²) in [5.41, 5.74) is 2.46. The lowest BCUT2D eigenvalue weighted by molar-refractivity contribution is 0.571. The Morgan fingerprint density at radius 1 is 1.15 bits per heavy atom. The second-order valence-corrected chi connectivity index (χ2v) is 4.57. The van der Waals surface area contributed by atoms with Gasteiger partial charge in [-0.05, 0) is 30.8 Å². The van der Waals surface area contributed by atoms with Crippen LogP contribution < -0.4 is 5.32 Å². The Kier molecular flexibility index (Phi) is 3.39. The van der Waals surface area contributed by atoms with Crippen LogP contribution in [0.25, 0.3) is 10.9 Å². The topological polar surface area (TPSA) is 37.8 Å². The minimum absolute atomic E-state index is 0.218. The number of fused-ring (bicyclic) bond motifs is 1. The van der Waals surface area contributed by atoms with E-state index >= 15 is 0 Å². The summed E-state index contributed by atoms with van der Waals surface area (Å²) in [5.74, 6) is -0.312. The number of nitrogens with one attached hydrogen (secondary N) is 1. The van der Waals surface area contributed by atoms with Crippen molar-refractivity contribution in [2.24, 2.45) is 0 Å². The first-order valence-electron chi connectivity index (χ1n) is 6.41. The molecule has 0 aliphatic carbocycles. The third-order valence-corrected chi connectivity index (χ3v) is 3.37. The molecule has 1 unspecified atom stereocenters. The van der Waals surface area contributed by atoms with Crippen molar-refractivity contribution in [2.75, 3.05) is 7.05 Å². The number of nitrogens with zero attached hydrogens (tertiary/aromatic N) is 2. The van der Waals surface area contributed by atoms with E-state index in [-0.39, 0.29) is 11.9 Å². The molecule has 4 heteroatoms. The van der Waals surface area contributed by atoms with Crippen LogP contribution in [0.2, 0.25) is 0 Å². The van der Waals surface area contributed by atoms with Crippen molar-refractivity contribution >= 4 is 10.9 Å². The first-order chi connectivity index (χ1) is 9.79. The van der Waals surface area contributed by atoms with Crippen molar-refractivity contribution in [1.29, 1.82) is 0 Å². The molecule has 1 aromatic carbocycles. The molecule has 3 aromatic rings. The number of rotatable bonds is 3. The molecule has 0 amide bonds. The average molecular weight is 267 g/mol. The van der Waals surface area contributed by atoms with Crippen LogP contribution in [0.3, 0.4) is 0 Å². The van der Waals surface area contributed by atoms with Crippen LogP contribution in [0.15, 0.2) is 55.0 Å². The van der Waals surface area contributed by atoms with E-state index in [1.165, 1.54) is 6.20 Å². The SMILES string of the molecule is CNC(c1ccc2cccnc2c1)c1ccncc1F. The third kappa shape index (κ3) is 2.26. The van der Waals surface area contributed by atoms with Crippen LogP contribution in [-0.4, -0.2) is 17.0 Å². The molecule has 0 radical (unpaired) electrons. The number of aromatic nitrogens is 2. The van der Waals surface area contributed by atoms with Gasteiger partial charge in [0.1, 0.15) is 5.82 Å². The molecule has 0 fully saturated rings. The monoisotopic (exact) mass is 267 g/mol. The van der Waals surface area contributed by atoms with Crippen molar-refractivity contribution in [3.8, 4) is 0 Å². The van der Waals surface area contributed by atoms with Gasteiger partial charge in [0, 0.05) is 23.3 Å². The number of hydrogen-bond donors (Lipinski definition) is 1. The summed E-state index contributed by atoms with van der Waals surface area (Å²) in [4.78, 5) is 8.13. The van der Waals surface area contributed by atoms with Gasteiger partial charge in [-0.2, -0.15) is 0 Å². The molecule has 1 atom stereocenters. The van der Waals surface area contributed by atoms with E-state index in [9.17, 15) is 4.39 Å². The number of hydrogen-bond acceptors (Lipinski definition) is 3. The van der Waals surface area contributed by atoms with Crippen molar-refractivity contribution in [3.63, 3.8) is 0 Å². The Morgan fingerprint density at radius 3 is 2.85 bits per heavy atom. The fourth-order valence-corrected chi connectivity index (χ4v) is 2.38. The summed E-state index contributed by atoms with van der Waals surface area (Å²) in [6.45, 7) is 0. The lowest BCUT2D eigenvalue weighted by Crippen LogP contribution is -2.19. The van der Waals surface area contributed by atoms with Crippen LogP contribution >= 0.6 is 0 Å². The molecular formula is C16H14FN3. The largest absolute Gasteiger partial charge is 0.309 e. The quantitative estimate of drug-likeness (QED) is 0.792. The highest BCUT2D eigenvalue weighted by molar-refractivity contribution is 5.79. The molecule has 0 bridgehead atoms. The van der Waals surface area contributed by atoms with Gasteiger partial charge in [-0.3, -0.25) is 9.97 Å². The second kappa shape index (κ2) is 5.35. The van der Waals surface area contributed by atoms with E-state index in [1.807, 2.05) is 37.4 Å². The third-order valence-electron chi connectivity index (χ3n) is 3.37. The molecule has 2 aromatic heterocycles. The molecule has 0 spiro atoms. The summed E-state index contributed by atoms with van der Waals surface area (Å²) in [6, 6.07) is 11.4. The average Bonchev–Trinajstić information content (AvgIpc) is 2.50. The van der Waals surface area contributed by atoms with Crippen LogP contribution in [0.5, 0.6) is 0 Å². The highest BCUT2D eigenvalue weighted by atomic mass is 19.1. The second-order valence-electron chi connectivity index (χ2n) is 4.57. The predicted octanol–water partition coefficient (Wildman–Crippen LogP) is 3.08. The van der Waals surface area contributed by atoms with Gasteiger partial charge in [-0.15, -0.1) is 0 Å². The minimum atomic E-state index is -0.312. The van der Waals surface area contributed by atoms with Gasteiger partial charge in [0.25, 0.3) is 0 Å². The van der Waals surface area contributed by atoms with Gasteiger partial charge >= 0.3 is 0 Å². The summed E-state index contributed by atoms with van der Waals surface area (Å²) in [7, 11) is 1.81. The van der Waals surface area contributed by atoms with Crippen LogP contribution in [-0.2, 0) is 0 Å². The van der Waals surface area contributed by atoms with Gasteiger partial charge in [-0.1, -0.05) is 18.2 Å². The fourth-order valence-electron chi connectivity index (χ4n) is 2.38. The van der Waals surface area contributed by atoms with Crippen LogP contribution in [0.1, 0.15) is 17.2 Å². The summed E-state index contributed by atoms with van der Waals surface area (Å²) in [6.07, 6.45) is 4.59. The van der Waals surface area contributed by atoms with Crippen LogP contribution in [0.4, 0.5) is 4.39 Å². The molecule has 3 nitrogen and oxygen atoms in total. The first kappa shape index (κ1) is 12.7. The van der Waals surface area contributed by atoms with E-state index in [0.29, 0.717) is 5.56 Å². The molecule has 1 N–H and O–H groups in total. The zero-order valence-corrected chi connectivity index (χ0v) is 11.0. The Labute approximate surface area is 116 Å². The van der Waals surface area contributed by atoms with E-state index in [4.69, 9.17) is 0 Å². The first-order valence-corrected chi connectivity index (χ1v) is 6.41. The molecule has 20 heavy (non-hydrogen) atoms. The maximum absolute atomic E-state index is 13.9. The van der Waals surface area contributed by atoms with E-state index in [1.54, 1.807) is 18.5 Å². The summed E-state index contributed by atoms with van der Waals surface area (Å²) >= 11 is 0. The standard InChI is InChI=1S/C16H14FN3/c1-18-16(13-6-8-19-10-14(13)17)12-5-4-11-3-2-7-20-15(11)9-12/h2-10,16,18H,1H3. The highest BCUT2D eigenvalue weighted by Crippen LogP contribution is 2.25. The molecule has 100 valence electrons. The summed E-state index contributed by atoms with van der Waals surface area (Å²) < 4.78 is 13.9. The van der Waals surface area contributed by atoms with E-state index in [2.05, 4.69) is 15.3 Å². The zero-order valence-electron chi connectivity index (χ0n) is 11.0. The molecule has 0 aliphatic heterocycles. The van der Waals surface area contributed by atoms with E-state index < -0.39 is 0 Å². The Morgan fingerprint density at radius 2 is 2.05 bits per heavy atom.